The first-order valence-corrected chi connectivity index (χ1v) is 12.0. The first-order chi connectivity index (χ1) is 15.8. The Bertz CT molecular complexity index is 904. The lowest BCUT2D eigenvalue weighted by Crippen LogP contribution is -2.59. The maximum atomic E-state index is 13.1. The fourth-order valence-electron chi connectivity index (χ4n) is 4.67. The molecule has 1 fully saturated rings. The number of benzene rings is 1. The van der Waals surface area contributed by atoms with Crippen LogP contribution in [0.15, 0.2) is 47.5 Å². The minimum Gasteiger partial charge on any atom is -0.358 e. The van der Waals surface area contributed by atoms with Crippen LogP contribution in [-0.4, -0.2) is 66.9 Å². The number of carbonyl (C=O) groups is 2. The highest BCUT2D eigenvalue weighted by Crippen LogP contribution is 2.35. The number of nitrogens with zero attached hydrogens (tertiary/aromatic N) is 2. The van der Waals surface area contributed by atoms with E-state index >= 15 is 0 Å². The second-order valence-corrected chi connectivity index (χ2v) is 9.38. The van der Waals surface area contributed by atoms with Gasteiger partial charge in [0, 0.05) is 37.8 Å². The summed E-state index contributed by atoms with van der Waals surface area (Å²) in [5, 5.41) is 3.44. The van der Waals surface area contributed by atoms with Crippen LogP contribution in [0.1, 0.15) is 31.7 Å². The van der Waals surface area contributed by atoms with Crippen molar-refractivity contribution in [2.45, 2.75) is 44.7 Å². The molecule has 180 valence electrons. The molecule has 0 bridgehead atoms. The zero-order valence-corrected chi connectivity index (χ0v) is 20.2. The summed E-state index contributed by atoms with van der Waals surface area (Å²) in [6, 6.07) is 5.52. The van der Waals surface area contributed by atoms with E-state index in [4.69, 9.17) is 17.3 Å². The van der Waals surface area contributed by atoms with Crippen LogP contribution in [0.2, 0.25) is 0 Å². The van der Waals surface area contributed by atoms with Crippen LogP contribution < -0.4 is 11.1 Å². The van der Waals surface area contributed by atoms with Gasteiger partial charge in [-0.25, -0.2) is 4.39 Å². The van der Waals surface area contributed by atoms with Crippen molar-refractivity contribution in [2.24, 2.45) is 11.1 Å². The van der Waals surface area contributed by atoms with Gasteiger partial charge in [0.15, 0.2) is 0 Å². The van der Waals surface area contributed by atoms with Gasteiger partial charge in [0.2, 0.25) is 11.8 Å². The van der Waals surface area contributed by atoms with E-state index in [1.54, 1.807) is 25.3 Å². The Hall–Kier alpha value is -2.22. The third-order valence-corrected chi connectivity index (χ3v) is 7.06. The summed E-state index contributed by atoms with van der Waals surface area (Å²) in [5.41, 5.74) is 6.48. The van der Waals surface area contributed by atoms with Gasteiger partial charge in [-0.2, -0.15) is 0 Å². The van der Waals surface area contributed by atoms with Gasteiger partial charge in [-0.3, -0.25) is 14.5 Å². The van der Waals surface area contributed by atoms with Crippen LogP contribution in [-0.2, 0) is 16.0 Å². The molecule has 1 aromatic carbocycles. The number of allylic oxidation sites excluding steroid dienone is 3. The summed E-state index contributed by atoms with van der Waals surface area (Å²) in [6.45, 7) is 4.90. The van der Waals surface area contributed by atoms with Crippen molar-refractivity contribution in [1.82, 2.24) is 15.1 Å². The summed E-state index contributed by atoms with van der Waals surface area (Å²) < 4.78 is 13.1. The molecule has 0 saturated carbocycles. The molecule has 33 heavy (non-hydrogen) atoms. The van der Waals surface area contributed by atoms with Gasteiger partial charge in [-0.05, 0) is 56.0 Å². The second kappa shape index (κ2) is 11.3. The number of hydrogen-bond donors (Lipinski definition) is 2. The maximum absolute atomic E-state index is 13.1. The molecule has 0 aromatic heterocycles. The third kappa shape index (κ3) is 6.22. The first kappa shape index (κ1) is 25.4. The number of hydrogen-bond acceptors (Lipinski definition) is 4. The van der Waals surface area contributed by atoms with Crippen molar-refractivity contribution in [2.75, 3.05) is 33.2 Å². The van der Waals surface area contributed by atoms with Crippen LogP contribution >= 0.6 is 11.6 Å². The highest BCUT2D eigenvalue weighted by Gasteiger charge is 2.37. The third-order valence-electron chi connectivity index (χ3n) is 6.78. The van der Waals surface area contributed by atoms with Crippen LogP contribution in [0.3, 0.4) is 0 Å². The van der Waals surface area contributed by atoms with E-state index in [1.165, 1.54) is 12.1 Å². The van der Waals surface area contributed by atoms with Gasteiger partial charge in [-0.1, -0.05) is 42.8 Å². The molecule has 1 aliphatic heterocycles. The minimum atomic E-state index is -0.656. The molecule has 2 amide bonds. The summed E-state index contributed by atoms with van der Waals surface area (Å²) in [5.74, 6) is -0.378. The van der Waals surface area contributed by atoms with E-state index in [9.17, 15) is 14.0 Å². The zero-order valence-electron chi connectivity index (χ0n) is 19.4. The topological polar surface area (TPSA) is 78.7 Å². The molecule has 6 nitrogen and oxygen atoms in total. The van der Waals surface area contributed by atoms with E-state index in [2.05, 4.69) is 17.1 Å². The maximum Gasteiger partial charge on any atom is 0.240 e. The predicted molar refractivity (Wildman–Crippen MR) is 129 cm³/mol. The Balaban J connectivity index is 1.58. The standard InChI is InChI=1S/C25H34ClFN4O2/c1-3-21-17-30(13-12-25(24(33)29-2)10-8-19(26)9-11-25)14-15-31(21)23(32)22(28)16-18-4-6-20(27)7-5-18/h4-10,21-22H,3,11-17,28H2,1-2H3,(H,29,33). The fourth-order valence-corrected chi connectivity index (χ4v) is 4.81. The van der Waals surface area contributed by atoms with Crippen LogP contribution in [0.4, 0.5) is 4.39 Å². The molecule has 3 N–H and O–H groups in total. The van der Waals surface area contributed by atoms with Crippen molar-refractivity contribution in [3.8, 4) is 0 Å². The number of piperazine rings is 1. The smallest absolute Gasteiger partial charge is 0.240 e. The summed E-state index contributed by atoms with van der Waals surface area (Å²) >= 11 is 6.08. The van der Waals surface area contributed by atoms with Gasteiger partial charge >= 0.3 is 0 Å². The highest BCUT2D eigenvalue weighted by molar-refractivity contribution is 6.31. The molecule has 2 aliphatic rings. The molecule has 0 radical (unpaired) electrons. The molecule has 0 spiro atoms. The largest absolute Gasteiger partial charge is 0.358 e. The molecular weight excluding hydrogens is 443 g/mol. The molecule has 1 aliphatic carbocycles. The lowest BCUT2D eigenvalue weighted by Gasteiger charge is -2.43. The van der Waals surface area contributed by atoms with Gasteiger partial charge < -0.3 is 16.0 Å². The number of amides is 2. The van der Waals surface area contributed by atoms with E-state index in [0.717, 1.165) is 31.6 Å². The first-order valence-electron chi connectivity index (χ1n) is 11.6. The summed E-state index contributed by atoms with van der Waals surface area (Å²) in [4.78, 5) is 29.9. The van der Waals surface area contributed by atoms with Gasteiger partial charge in [0.1, 0.15) is 5.82 Å². The molecular formula is C25H34ClFN4O2. The van der Waals surface area contributed by atoms with E-state index in [0.29, 0.717) is 30.8 Å². The normalized spacial score (nSPS) is 24.3. The number of halogens is 2. The van der Waals surface area contributed by atoms with Crippen LogP contribution in [0.5, 0.6) is 0 Å². The fraction of sp³-hybridized carbons (Fsp3) is 0.520. The number of carbonyl (C=O) groups excluding carboxylic acids is 2. The molecule has 1 saturated heterocycles. The van der Waals surface area contributed by atoms with E-state index in [1.807, 2.05) is 17.1 Å². The molecule has 3 atom stereocenters. The van der Waals surface area contributed by atoms with Crippen molar-refractivity contribution in [3.63, 3.8) is 0 Å². The Labute approximate surface area is 200 Å². The Morgan fingerprint density at radius 1 is 1.30 bits per heavy atom. The Morgan fingerprint density at radius 3 is 2.64 bits per heavy atom. The number of rotatable bonds is 8. The predicted octanol–water partition coefficient (Wildman–Crippen LogP) is 2.82. The van der Waals surface area contributed by atoms with Crippen molar-refractivity contribution >= 4 is 23.4 Å². The van der Waals surface area contributed by atoms with E-state index < -0.39 is 11.5 Å². The van der Waals surface area contributed by atoms with E-state index in [-0.39, 0.29) is 23.7 Å². The summed E-state index contributed by atoms with van der Waals surface area (Å²) in [7, 11) is 1.66. The number of nitrogens with two attached hydrogens (primary N) is 1. The van der Waals surface area contributed by atoms with Gasteiger partial charge in [0.05, 0.1) is 11.5 Å². The molecule has 1 heterocycles. The van der Waals surface area contributed by atoms with Crippen LogP contribution in [0, 0.1) is 11.2 Å². The van der Waals surface area contributed by atoms with Gasteiger partial charge in [-0.15, -0.1) is 0 Å². The average Bonchev–Trinajstić information content (AvgIpc) is 2.84. The van der Waals surface area contributed by atoms with Crippen molar-refractivity contribution in [1.29, 1.82) is 0 Å². The Kier molecular flexibility index (Phi) is 8.68. The minimum absolute atomic E-state index is 0.00760. The Morgan fingerprint density at radius 2 is 2.03 bits per heavy atom. The molecule has 3 unspecified atom stereocenters. The second-order valence-electron chi connectivity index (χ2n) is 8.94. The lowest BCUT2D eigenvalue weighted by atomic mass is 9.77. The van der Waals surface area contributed by atoms with Gasteiger partial charge in [0.25, 0.3) is 0 Å². The molecule has 3 rings (SSSR count). The SMILES string of the molecule is CCC1CN(CCC2(C(=O)NC)C=CC(Cl)=CC2)CCN1C(=O)C(N)Cc1ccc(F)cc1. The molecule has 1 aromatic rings. The monoisotopic (exact) mass is 476 g/mol. The quantitative estimate of drug-likeness (QED) is 0.604. The number of nitrogens with one attached hydrogen (secondary N) is 1. The molecule has 8 heteroatoms. The average molecular weight is 477 g/mol. The van der Waals surface area contributed by atoms with Crippen LogP contribution in [0.25, 0.3) is 0 Å². The zero-order chi connectivity index (χ0) is 24.0. The summed E-state index contributed by atoms with van der Waals surface area (Å²) in [6.07, 6.45) is 8.07. The lowest BCUT2D eigenvalue weighted by molar-refractivity contribution is -0.137. The van der Waals surface area contributed by atoms with Crippen molar-refractivity contribution in [3.05, 3.63) is 58.9 Å². The van der Waals surface area contributed by atoms with Crippen molar-refractivity contribution < 1.29 is 14.0 Å². The highest BCUT2D eigenvalue weighted by atomic mass is 35.5.